The van der Waals surface area contributed by atoms with Crippen molar-refractivity contribution in [3.63, 3.8) is 0 Å². The van der Waals surface area contributed by atoms with Gasteiger partial charge < -0.3 is 4.57 Å². The van der Waals surface area contributed by atoms with E-state index in [2.05, 4.69) is 10.2 Å². The van der Waals surface area contributed by atoms with Gasteiger partial charge in [0.25, 0.3) is 0 Å². The van der Waals surface area contributed by atoms with Crippen molar-refractivity contribution in [3.8, 4) is 0 Å². The Balaban J connectivity index is 2.78. The zero-order valence-electron chi connectivity index (χ0n) is 6.80. The Labute approximate surface area is 81.7 Å². The lowest BCUT2D eigenvalue weighted by Crippen LogP contribution is -2.32. The highest BCUT2D eigenvalue weighted by Crippen LogP contribution is 2.25. The minimum absolute atomic E-state index is 0.0343. The summed E-state index contributed by atoms with van der Waals surface area (Å²) >= 11 is 5.33. The zero-order valence-corrected chi connectivity index (χ0v) is 7.56. The van der Waals surface area contributed by atoms with Crippen molar-refractivity contribution < 1.29 is 17.6 Å². The van der Waals surface area contributed by atoms with Gasteiger partial charge in [-0.1, -0.05) is 0 Å². The molecule has 0 aliphatic heterocycles. The second-order valence-electron chi connectivity index (χ2n) is 2.57. The normalized spacial score (nSPS) is 12.4. The third-order valence-corrected chi connectivity index (χ3v) is 1.75. The Morgan fingerprint density at radius 3 is 2.64 bits per heavy atom. The molecule has 0 saturated carbocycles. The van der Waals surface area contributed by atoms with E-state index in [0.29, 0.717) is 0 Å². The number of alkyl halides is 5. The molecule has 0 bridgehead atoms. The summed E-state index contributed by atoms with van der Waals surface area (Å²) in [6.07, 6.45) is -2.78. The summed E-state index contributed by atoms with van der Waals surface area (Å²) in [5.41, 5.74) is 0. The third-order valence-electron chi connectivity index (χ3n) is 1.52. The third kappa shape index (κ3) is 2.34. The molecule has 0 amide bonds. The summed E-state index contributed by atoms with van der Waals surface area (Å²) < 4.78 is 49.5. The number of aromatic nitrogens is 3. The number of hydrogen-bond acceptors (Lipinski definition) is 2. The highest BCUT2D eigenvalue weighted by Gasteiger charge is 2.41. The van der Waals surface area contributed by atoms with Crippen LogP contribution in [0.4, 0.5) is 17.6 Å². The molecule has 3 nitrogen and oxygen atoms in total. The fourth-order valence-electron chi connectivity index (χ4n) is 0.811. The van der Waals surface area contributed by atoms with E-state index in [9.17, 15) is 17.6 Å². The van der Waals surface area contributed by atoms with Gasteiger partial charge in [0, 0.05) is 0 Å². The van der Waals surface area contributed by atoms with Crippen molar-refractivity contribution in [3.05, 3.63) is 12.2 Å². The Kier molecular flexibility index (Phi) is 3.30. The van der Waals surface area contributed by atoms with Crippen molar-refractivity contribution in [1.82, 2.24) is 14.8 Å². The van der Waals surface area contributed by atoms with Crippen LogP contribution >= 0.6 is 11.6 Å². The van der Waals surface area contributed by atoms with Gasteiger partial charge >= 0.3 is 12.3 Å². The maximum absolute atomic E-state index is 12.6. The summed E-state index contributed by atoms with van der Waals surface area (Å²) in [6.45, 7) is -1.17. The molecule has 0 aliphatic carbocycles. The van der Waals surface area contributed by atoms with Gasteiger partial charge in [0.2, 0.25) is 0 Å². The van der Waals surface area contributed by atoms with Crippen LogP contribution in [0.5, 0.6) is 0 Å². The molecule has 1 rings (SSSR count). The van der Waals surface area contributed by atoms with Gasteiger partial charge in [-0.2, -0.15) is 8.78 Å². The van der Waals surface area contributed by atoms with Crippen LogP contribution in [0.15, 0.2) is 6.33 Å². The molecule has 0 radical (unpaired) electrons. The highest BCUT2D eigenvalue weighted by atomic mass is 35.5. The van der Waals surface area contributed by atoms with Crippen molar-refractivity contribution in [2.24, 2.45) is 0 Å². The number of hydrogen-bond donors (Lipinski definition) is 0. The minimum Gasteiger partial charge on any atom is -0.310 e. The molecule has 0 fully saturated rings. The van der Waals surface area contributed by atoms with Crippen LogP contribution in [-0.2, 0) is 12.4 Å². The summed E-state index contributed by atoms with van der Waals surface area (Å²) in [5.74, 6) is -4.21. The van der Waals surface area contributed by atoms with Gasteiger partial charge in [-0.05, 0) is 0 Å². The maximum Gasteiger partial charge on any atom is 0.324 e. The van der Waals surface area contributed by atoms with Gasteiger partial charge in [-0.15, -0.1) is 21.8 Å². The van der Waals surface area contributed by atoms with Crippen LogP contribution in [0.3, 0.4) is 0 Å². The van der Waals surface area contributed by atoms with Gasteiger partial charge in [0.15, 0.2) is 0 Å². The van der Waals surface area contributed by atoms with Gasteiger partial charge in [-0.3, -0.25) is 0 Å². The lowest BCUT2D eigenvalue weighted by atomic mass is 10.3. The van der Waals surface area contributed by atoms with E-state index in [-0.39, 0.29) is 11.7 Å². The predicted octanol–water partition coefficient (Wildman–Crippen LogP) is 1.92. The molecule has 1 aromatic heterocycles. The SMILES string of the molecule is FC(F)C(F)(F)Cn1cnnc1CCl. The van der Waals surface area contributed by atoms with Crippen LogP contribution < -0.4 is 0 Å². The molecule has 8 heteroatoms. The molecule has 0 spiro atoms. The smallest absolute Gasteiger partial charge is 0.310 e. The zero-order chi connectivity index (χ0) is 10.8. The number of halogens is 5. The molecular weight excluding hydrogens is 226 g/mol. The van der Waals surface area contributed by atoms with E-state index >= 15 is 0 Å². The Bertz CT molecular complexity index is 301. The first-order valence-electron chi connectivity index (χ1n) is 3.56. The summed E-state index contributed by atoms with van der Waals surface area (Å²) in [4.78, 5) is 0. The molecule has 0 N–H and O–H groups in total. The lowest BCUT2D eigenvalue weighted by molar-refractivity contribution is -0.138. The van der Waals surface area contributed by atoms with Gasteiger partial charge in [0.1, 0.15) is 12.2 Å². The average Bonchev–Trinajstić information content (AvgIpc) is 2.50. The quantitative estimate of drug-likeness (QED) is 0.586. The summed E-state index contributed by atoms with van der Waals surface area (Å²) in [6, 6.07) is 0. The first-order chi connectivity index (χ1) is 6.47. The summed E-state index contributed by atoms with van der Waals surface area (Å²) in [7, 11) is 0. The van der Waals surface area contributed by atoms with Crippen LogP contribution in [0.2, 0.25) is 0 Å². The molecule has 0 aliphatic rings. The molecule has 80 valence electrons. The molecule has 1 heterocycles. The van der Waals surface area contributed by atoms with Gasteiger partial charge in [-0.25, -0.2) is 8.78 Å². The van der Waals surface area contributed by atoms with Crippen molar-refractivity contribution >= 4 is 11.6 Å². The Morgan fingerprint density at radius 1 is 1.50 bits per heavy atom. The molecule has 0 atom stereocenters. The molecule has 0 unspecified atom stereocenters. The van der Waals surface area contributed by atoms with Crippen LogP contribution in [-0.4, -0.2) is 27.1 Å². The monoisotopic (exact) mass is 231 g/mol. The van der Waals surface area contributed by atoms with E-state index in [1.165, 1.54) is 0 Å². The summed E-state index contributed by atoms with van der Waals surface area (Å²) in [5, 5.41) is 6.67. The molecule has 0 saturated heterocycles. The van der Waals surface area contributed by atoms with Crippen LogP contribution in [0.1, 0.15) is 5.82 Å². The second-order valence-corrected chi connectivity index (χ2v) is 2.84. The maximum atomic E-state index is 12.6. The van der Waals surface area contributed by atoms with Crippen molar-refractivity contribution in [1.29, 1.82) is 0 Å². The lowest BCUT2D eigenvalue weighted by Gasteiger charge is -2.15. The fourth-order valence-corrected chi connectivity index (χ4v) is 1.02. The largest absolute Gasteiger partial charge is 0.324 e. The van der Waals surface area contributed by atoms with E-state index in [4.69, 9.17) is 11.6 Å². The fraction of sp³-hybridized carbons (Fsp3) is 0.667. The van der Waals surface area contributed by atoms with E-state index < -0.39 is 18.9 Å². The first-order valence-corrected chi connectivity index (χ1v) is 4.09. The topological polar surface area (TPSA) is 30.7 Å². The van der Waals surface area contributed by atoms with E-state index in [1.54, 1.807) is 0 Å². The highest BCUT2D eigenvalue weighted by molar-refractivity contribution is 6.16. The van der Waals surface area contributed by atoms with Crippen LogP contribution in [0.25, 0.3) is 0 Å². The second kappa shape index (κ2) is 4.12. The number of rotatable bonds is 4. The Morgan fingerprint density at radius 2 is 2.14 bits per heavy atom. The van der Waals surface area contributed by atoms with E-state index in [0.717, 1.165) is 10.9 Å². The molecular formula is C6H6ClF4N3. The van der Waals surface area contributed by atoms with Crippen molar-refractivity contribution in [2.75, 3.05) is 0 Å². The standard InChI is InChI=1S/C6H6ClF4N3/c7-1-4-13-12-3-14(4)2-6(10,11)5(8)9/h3,5H,1-2H2. The molecule has 14 heavy (non-hydrogen) atoms. The first kappa shape index (κ1) is 11.2. The minimum atomic E-state index is -4.09. The van der Waals surface area contributed by atoms with Crippen LogP contribution in [0, 0.1) is 0 Å². The van der Waals surface area contributed by atoms with Crippen molar-refractivity contribution in [2.45, 2.75) is 24.8 Å². The van der Waals surface area contributed by atoms with Gasteiger partial charge in [0.05, 0.1) is 12.4 Å². The molecule has 1 aromatic rings. The average molecular weight is 232 g/mol. The van der Waals surface area contributed by atoms with E-state index in [1.807, 2.05) is 0 Å². The predicted molar refractivity (Wildman–Crippen MR) is 40.5 cm³/mol. The Hall–Kier alpha value is -0.850. The molecule has 0 aromatic carbocycles. The number of nitrogens with zero attached hydrogens (tertiary/aromatic N) is 3.